The van der Waals surface area contributed by atoms with Crippen LogP contribution in [0.25, 0.3) is 16.6 Å². The van der Waals surface area contributed by atoms with E-state index in [1.165, 1.54) is 16.7 Å². The molecule has 0 aliphatic heterocycles. The van der Waals surface area contributed by atoms with Crippen molar-refractivity contribution in [2.24, 2.45) is 5.41 Å². The normalized spacial score (nSPS) is 12.7. The Hall–Kier alpha value is -3.02. The van der Waals surface area contributed by atoms with Crippen LogP contribution in [0.4, 0.5) is 4.39 Å². The van der Waals surface area contributed by atoms with Crippen LogP contribution in [-0.2, 0) is 4.79 Å². The first-order chi connectivity index (χ1) is 14.1. The molecule has 5 nitrogen and oxygen atoms in total. The standard InChI is InChI=1S/C24H28FN3O2/c1-6-27(21(29)15-24(3,4)5)16(2)22-26-20-10-8-7-9-19(20)23(30)28(22)18-13-11-17(25)12-14-18/h7-14,16H,6,15H2,1-5H3. The quantitative estimate of drug-likeness (QED) is 0.604. The van der Waals surface area contributed by atoms with E-state index in [4.69, 9.17) is 4.98 Å². The van der Waals surface area contributed by atoms with Crippen LogP contribution in [0.3, 0.4) is 0 Å². The lowest BCUT2D eigenvalue weighted by Crippen LogP contribution is -2.38. The van der Waals surface area contributed by atoms with Gasteiger partial charge in [-0.1, -0.05) is 32.9 Å². The van der Waals surface area contributed by atoms with Crippen LogP contribution in [0.5, 0.6) is 0 Å². The molecule has 2 aromatic carbocycles. The summed E-state index contributed by atoms with van der Waals surface area (Å²) in [4.78, 5) is 32.9. The maximum atomic E-state index is 13.5. The molecule has 0 saturated heterocycles. The summed E-state index contributed by atoms with van der Waals surface area (Å²) in [7, 11) is 0. The minimum Gasteiger partial charge on any atom is -0.333 e. The van der Waals surface area contributed by atoms with E-state index in [-0.39, 0.29) is 22.7 Å². The number of carbonyl (C=O) groups is 1. The Bertz CT molecular complexity index is 1110. The van der Waals surface area contributed by atoms with Gasteiger partial charge in [0.05, 0.1) is 22.6 Å². The zero-order chi connectivity index (χ0) is 22.1. The molecule has 1 aromatic heterocycles. The average molecular weight is 410 g/mol. The summed E-state index contributed by atoms with van der Waals surface area (Å²) in [6.45, 7) is 10.3. The molecular weight excluding hydrogens is 381 g/mol. The van der Waals surface area contributed by atoms with Crippen molar-refractivity contribution in [3.63, 3.8) is 0 Å². The van der Waals surface area contributed by atoms with Gasteiger partial charge in [-0.25, -0.2) is 9.37 Å². The molecule has 158 valence electrons. The maximum absolute atomic E-state index is 13.5. The molecule has 1 unspecified atom stereocenters. The number of aromatic nitrogens is 2. The van der Waals surface area contributed by atoms with Crippen molar-refractivity contribution in [1.82, 2.24) is 14.5 Å². The third kappa shape index (κ3) is 4.42. The van der Waals surface area contributed by atoms with Gasteiger partial charge < -0.3 is 4.90 Å². The van der Waals surface area contributed by atoms with E-state index in [1.807, 2.05) is 40.7 Å². The number of halogens is 1. The molecule has 3 rings (SSSR count). The number of fused-ring (bicyclic) bond motifs is 1. The van der Waals surface area contributed by atoms with Gasteiger partial charge in [-0.3, -0.25) is 14.2 Å². The van der Waals surface area contributed by atoms with E-state index in [0.29, 0.717) is 35.4 Å². The predicted molar refractivity (Wildman–Crippen MR) is 117 cm³/mol. The fourth-order valence-corrected chi connectivity index (χ4v) is 3.63. The molecule has 0 saturated carbocycles. The van der Waals surface area contributed by atoms with E-state index in [1.54, 1.807) is 35.2 Å². The molecule has 0 spiro atoms. The fraction of sp³-hybridized carbons (Fsp3) is 0.375. The number of amides is 1. The molecule has 0 N–H and O–H groups in total. The van der Waals surface area contributed by atoms with Crippen molar-refractivity contribution >= 4 is 16.8 Å². The van der Waals surface area contributed by atoms with Gasteiger partial charge in [0.25, 0.3) is 5.56 Å². The molecule has 1 atom stereocenters. The van der Waals surface area contributed by atoms with Crippen molar-refractivity contribution in [2.75, 3.05) is 6.54 Å². The van der Waals surface area contributed by atoms with Gasteiger partial charge in [-0.2, -0.15) is 0 Å². The molecule has 3 aromatic rings. The molecule has 0 radical (unpaired) electrons. The summed E-state index contributed by atoms with van der Waals surface area (Å²) in [6, 6.07) is 12.4. The first-order valence-electron chi connectivity index (χ1n) is 10.2. The molecule has 30 heavy (non-hydrogen) atoms. The Kier molecular flexibility index (Phi) is 6.06. The number of para-hydroxylation sites is 1. The summed E-state index contributed by atoms with van der Waals surface area (Å²) >= 11 is 0. The van der Waals surface area contributed by atoms with Crippen LogP contribution in [-0.4, -0.2) is 26.9 Å². The van der Waals surface area contributed by atoms with Crippen LogP contribution in [0, 0.1) is 11.2 Å². The molecule has 0 aliphatic rings. The van der Waals surface area contributed by atoms with Crippen LogP contribution < -0.4 is 5.56 Å². The lowest BCUT2D eigenvalue weighted by molar-refractivity contribution is -0.135. The average Bonchev–Trinajstić information content (AvgIpc) is 2.68. The first kappa shape index (κ1) is 21.7. The summed E-state index contributed by atoms with van der Waals surface area (Å²) in [5.74, 6) is 0.0747. The predicted octanol–water partition coefficient (Wildman–Crippen LogP) is 4.87. The fourth-order valence-electron chi connectivity index (χ4n) is 3.63. The largest absolute Gasteiger partial charge is 0.333 e. The second kappa shape index (κ2) is 8.38. The first-order valence-corrected chi connectivity index (χ1v) is 10.2. The zero-order valence-corrected chi connectivity index (χ0v) is 18.1. The van der Waals surface area contributed by atoms with Gasteiger partial charge in [0.1, 0.15) is 11.6 Å². The molecular formula is C24H28FN3O2. The van der Waals surface area contributed by atoms with Gasteiger partial charge >= 0.3 is 0 Å². The summed E-state index contributed by atoms with van der Waals surface area (Å²) in [6.07, 6.45) is 0.388. The van der Waals surface area contributed by atoms with Crippen LogP contribution in [0.15, 0.2) is 53.3 Å². The van der Waals surface area contributed by atoms with E-state index in [9.17, 15) is 14.0 Å². The minimum atomic E-state index is -0.438. The highest BCUT2D eigenvalue weighted by atomic mass is 19.1. The molecule has 1 heterocycles. The zero-order valence-electron chi connectivity index (χ0n) is 18.1. The van der Waals surface area contributed by atoms with Gasteiger partial charge in [0, 0.05) is 13.0 Å². The van der Waals surface area contributed by atoms with Crippen LogP contribution in [0.2, 0.25) is 0 Å². The molecule has 1 amide bonds. The van der Waals surface area contributed by atoms with Crippen LogP contribution >= 0.6 is 0 Å². The Labute approximate surface area is 176 Å². The number of hydrogen-bond donors (Lipinski definition) is 0. The van der Waals surface area contributed by atoms with Gasteiger partial charge in [-0.15, -0.1) is 0 Å². The number of carbonyl (C=O) groups excluding carboxylic acids is 1. The topological polar surface area (TPSA) is 55.2 Å². The lowest BCUT2D eigenvalue weighted by Gasteiger charge is -2.31. The minimum absolute atomic E-state index is 0.00515. The summed E-state index contributed by atoms with van der Waals surface area (Å²) in [5.41, 5.74) is 0.689. The number of rotatable bonds is 5. The summed E-state index contributed by atoms with van der Waals surface area (Å²) < 4.78 is 15.0. The van der Waals surface area contributed by atoms with E-state index in [0.717, 1.165) is 0 Å². The Balaban J connectivity index is 2.20. The van der Waals surface area contributed by atoms with Crippen LogP contribution in [0.1, 0.15) is 52.9 Å². The summed E-state index contributed by atoms with van der Waals surface area (Å²) in [5, 5.41) is 0.474. The molecule has 0 aliphatic carbocycles. The highest BCUT2D eigenvalue weighted by molar-refractivity contribution is 5.79. The Morgan fingerprint density at radius 1 is 1.13 bits per heavy atom. The van der Waals surface area contributed by atoms with E-state index < -0.39 is 6.04 Å². The highest BCUT2D eigenvalue weighted by Gasteiger charge is 2.28. The number of nitrogens with zero attached hydrogens (tertiary/aromatic N) is 3. The third-order valence-corrected chi connectivity index (χ3v) is 5.07. The van der Waals surface area contributed by atoms with Crippen molar-refractivity contribution in [2.45, 2.75) is 47.1 Å². The third-order valence-electron chi connectivity index (χ3n) is 5.07. The van der Waals surface area contributed by atoms with Gasteiger partial charge in [-0.05, 0) is 55.7 Å². The number of benzene rings is 2. The Morgan fingerprint density at radius 3 is 2.37 bits per heavy atom. The van der Waals surface area contributed by atoms with E-state index >= 15 is 0 Å². The molecule has 0 fully saturated rings. The smallest absolute Gasteiger partial charge is 0.266 e. The lowest BCUT2D eigenvalue weighted by atomic mass is 9.91. The SMILES string of the molecule is CCN(C(=O)CC(C)(C)C)C(C)c1nc2ccccc2c(=O)n1-c1ccc(F)cc1. The highest BCUT2D eigenvalue weighted by Crippen LogP contribution is 2.26. The van der Waals surface area contributed by atoms with Crippen molar-refractivity contribution in [1.29, 1.82) is 0 Å². The molecule has 0 bridgehead atoms. The van der Waals surface area contributed by atoms with Gasteiger partial charge in [0.15, 0.2) is 0 Å². The monoisotopic (exact) mass is 409 g/mol. The van der Waals surface area contributed by atoms with Crippen molar-refractivity contribution in [3.8, 4) is 5.69 Å². The van der Waals surface area contributed by atoms with Crippen molar-refractivity contribution < 1.29 is 9.18 Å². The van der Waals surface area contributed by atoms with Gasteiger partial charge in [0.2, 0.25) is 5.91 Å². The Morgan fingerprint density at radius 2 is 1.77 bits per heavy atom. The van der Waals surface area contributed by atoms with E-state index in [2.05, 4.69) is 0 Å². The number of hydrogen-bond acceptors (Lipinski definition) is 3. The maximum Gasteiger partial charge on any atom is 0.266 e. The second-order valence-corrected chi connectivity index (χ2v) is 8.70. The second-order valence-electron chi connectivity index (χ2n) is 8.70. The van der Waals surface area contributed by atoms with Crippen molar-refractivity contribution in [3.05, 3.63) is 70.5 Å². The molecule has 6 heteroatoms.